The number of benzene rings is 1. The summed E-state index contributed by atoms with van der Waals surface area (Å²) in [5.41, 5.74) is 0.352. The van der Waals surface area contributed by atoms with Crippen LogP contribution in [0.2, 0.25) is 5.02 Å². The smallest absolute Gasteiger partial charge is 0.410 e. The van der Waals surface area contributed by atoms with Crippen LogP contribution in [0.4, 0.5) is 13.6 Å². The third-order valence-electron chi connectivity index (χ3n) is 7.17. The van der Waals surface area contributed by atoms with Crippen LogP contribution in [0.5, 0.6) is 0 Å². The second-order valence-corrected chi connectivity index (χ2v) is 12.4. The number of methoxy groups -OCH3 is 1. The number of carbonyl (C=O) groups excluding carboxylic acids is 2. The van der Waals surface area contributed by atoms with Crippen LogP contribution in [0.15, 0.2) is 23.8 Å². The van der Waals surface area contributed by atoms with E-state index in [1.54, 1.807) is 24.0 Å². The first kappa shape index (κ1) is 31.3. The first-order valence-corrected chi connectivity index (χ1v) is 14.5. The Kier molecular flexibility index (Phi) is 10.4. The maximum atomic E-state index is 14.6. The van der Waals surface area contributed by atoms with Crippen LogP contribution in [0.25, 0.3) is 10.1 Å². The number of nitrogens with zero attached hydrogens (tertiary/aromatic N) is 2. The van der Waals surface area contributed by atoms with Crippen molar-refractivity contribution in [2.45, 2.75) is 90.5 Å². The fraction of sp³-hybridized carbons (Fsp3) is 0.586. The average Bonchev–Trinajstić information content (AvgIpc) is 3.25. The van der Waals surface area contributed by atoms with E-state index < -0.39 is 17.2 Å². The van der Waals surface area contributed by atoms with E-state index in [0.717, 1.165) is 35.5 Å². The number of amides is 2. The van der Waals surface area contributed by atoms with Crippen LogP contribution in [0, 0.1) is 11.6 Å². The van der Waals surface area contributed by atoms with Crippen molar-refractivity contribution in [1.82, 2.24) is 9.80 Å². The van der Waals surface area contributed by atoms with Crippen molar-refractivity contribution in [3.8, 4) is 0 Å². The number of carbonyl (C=O) groups is 2. The molecule has 216 valence electrons. The molecule has 0 spiro atoms. The van der Waals surface area contributed by atoms with Gasteiger partial charge in [-0.05, 0) is 77.5 Å². The molecule has 1 atom stereocenters. The molecule has 6 nitrogen and oxygen atoms in total. The third-order valence-corrected chi connectivity index (χ3v) is 8.84. The molecule has 1 aromatic carbocycles. The molecule has 1 heterocycles. The van der Waals surface area contributed by atoms with Crippen molar-refractivity contribution >= 4 is 45.0 Å². The minimum Gasteiger partial charge on any atom is -0.444 e. The molecule has 2 amide bonds. The lowest BCUT2D eigenvalue weighted by Crippen LogP contribution is -2.48. The van der Waals surface area contributed by atoms with Crippen molar-refractivity contribution in [2.75, 3.05) is 20.7 Å². The van der Waals surface area contributed by atoms with Crippen molar-refractivity contribution in [3.63, 3.8) is 0 Å². The lowest BCUT2D eigenvalue weighted by Gasteiger charge is -2.40. The Bertz CT molecular complexity index is 1220. The molecule has 2 aromatic rings. The van der Waals surface area contributed by atoms with E-state index in [9.17, 15) is 18.4 Å². The second kappa shape index (κ2) is 13.0. The van der Waals surface area contributed by atoms with Crippen molar-refractivity contribution in [1.29, 1.82) is 0 Å². The molecular formula is C29H39ClF2N2O4S. The molecule has 3 rings (SSSR count). The van der Waals surface area contributed by atoms with E-state index in [4.69, 9.17) is 21.1 Å². The average molecular weight is 585 g/mol. The van der Waals surface area contributed by atoms with Gasteiger partial charge < -0.3 is 19.3 Å². The second-order valence-electron chi connectivity index (χ2n) is 11.0. The van der Waals surface area contributed by atoms with Crippen LogP contribution >= 0.6 is 22.9 Å². The van der Waals surface area contributed by atoms with E-state index in [0.29, 0.717) is 32.2 Å². The van der Waals surface area contributed by atoms with Gasteiger partial charge in [0.15, 0.2) is 0 Å². The summed E-state index contributed by atoms with van der Waals surface area (Å²) in [4.78, 5) is 30.2. The largest absolute Gasteiger partial charge is 0.444 e. The maximum absolute atomic E-state index is 14.6. The minimum absolute atomic E-state index is 0.0206. The zero-order chi connectivity index (χ0) is 29.1. The number of halogens is 3. The quantitative estimate of drug-likeness (QED) is 0.297. The number of ether oxygens (including phenoxy) is 2. The normalized spacial score (nSPS) is 19.2. The van der Waals surface area contributed by atoms with Gasteiger partial charge in [-0.3, -0.25) is 4.79 Å². The van der Waals surface area contributed by atoms with Gasteiger partial charge in [0.25, 0.3) is 5.91 Å². The Hall–Kier alpha value is -2.23. The Balaban J connectivity index is 1.91. The molecule has 10 heteroatoms. The summed E-state index contributed by atoms with van der Waals surface area (Å²) >= 11 is 7.39. The first-order valence-electron chi connectivity index (χ1n) is 13.3. The molecule has 39 heavy (non-hydrogen) atoms. The number of rotatable bonds is 8. The molecule has 1 unspecified atom stereocenters. The summed E-state index contributed by atoms with van der Waals surface area (Å²) in [5, 5.41) is -0.136. The highest BCUT2D eigenvalue weighted by molar-refractivity contribution is 7.21. The minimum atomic E-state index is -0.663. The number of hydrogen-bond donors (Lipinski definition) is 0. The van der Waals surface area contributed by atoms with Gasteiger partial charge in [0.05, 0.1) is 21.2 Å². The number of allylic oxidation sites excluding steroid dienone is 1. The van der Waals surface area contributed by atoms with Crippen LogP contribution < -0.4 is 0 Å². The molecule has 1 aliphatic rings. The highest BCUT2D eigenvalue weighted by Gasteiger charge is 2.35. The lowest BCUT2D eigenvalue weighted by atomic mass is 9.89. The third kappa shape index (κ3) is 7.30. The molecule has 0 radical (unpaired) electrons. The van der Waals surface area contributed by atoms with Gasteiger partial charge in [-0.25, -0.2) is 13.6 Å². The molecule has 0 N–H and O–H groups in total. The summed E-state index contributed by atoms with van der Waals surface area (Å²) < 4.78 is 40.2. The molecule has 0 bridgehead atoms. The predicted octanol–water partition coefficient (Wildman–Crippen LogP) is 7.82. The Morgan fingerprint density at radius 2 is 1.74 bits per heavy atom. The van der Waals surface area contributed by atoms with Crippen molar-refractivity contribution in [2.24, 2.45) is 0 Å². The summed E-state index contributed by atoms with van der Waals surface area (Å²) in [6.45, 7) is 9.73. The van der Waals surface area contributed by atoms with Gasteiger partial charge in [-0.2, -0.15) is 0 Å². The van der Waals surface area contributed by atoms with Gasteiger partial charge in [-0.15, -0.1) is 11.3 Å². The van der Waals surface area contributed by atoms with Crippen molar-refractivity contribution < 1.29 is 27.8 Å². The zero-order valence-corrected chi connectivity index (χ0v) is 25.3. The lowest BCUT2D eigenvalue weighted by molar-refractivity contribution is 0.0148. The van der Waals surface area contributed by atoms with Gasteiger partial charge in [0, 0.05) is 32.8 Å². The maximum Gasteiger partial charge on any atom is 0.410 e. The number of fused-ring (bicyclic) bond motifs is 1. The highest BCUT2D eigenvalue weighted by Crippen LogP contribution is 2.40. The highest BCUT2D eigenvalue weighted by atomic mass is 35.5. The summed E-state index contributed by atoms with van der Waals surface area (Å²) in [6, 6.07) is 1.89. The SMILES string of the molecule is CC/C=C(\CN(C(=O)c1sc2c(F)ccc(F)c2c1Cl)C1CCC(N(C)C(=O)OC(C)(C)C)CC1)C(C)OC. The van der Waals surface area contributed by atoms with Gasteiger partial charge in [0.1, 0.15) is 22.1 Å². The van der Waals surface area contributed by atoms with Crippen LogP contribution in [-0.4, -0.2) is 66.3 Å². The summed E-state index contributed by atoms with van der Waals surface area (Å²) in [6.07, 6.45) is 4.87. The fourth-order valence-corrected chi connectivity index (χ4v) is 6.45. The van der Waals surface area contributed by atoms with Gasteiger partial charge in [0.2, 0.25) is 0 Å². The zero-order valence-electron chi connectivity index (χ0n) is 23.8. The molecule has 0 aliphatic heterocycles. The first-order chi connectivity index (χ1) is 18.3. The fourth-order valence-electron chi connectivity index (χ4n) is 4.94. The van der Waals surface area contributed by atoms with Gasteiger partial charge >= 0.3 is 6.09 Å². The molecule has 1 aliphatic carbocycles. The summed E-state index contributed by atoms with van der Waals surface area (Å²) in [7, 11) is 3.36. The summed E-state index contributed by atoms with van der Waals surface area (Å²) in [5.74, 6) is -1.65. The number of thiophene rings is 1. The van der Waals surface area contributed by atoms with E-state index in [-0.39, 0.29) is 50.2 Å². The molecule has 1 fully saturated rings. The standard InChI is InChI=1S/C29H39ClF2N2O4S/c1-8-9-18(17(2)37-7)16-34(20-12-10-19(11-13-20)33(6)28(36)38-29(3,4)5)27(35)26-24(30)23-21(31)14-15-22(32)25(23)39-26/h9,14-15,17,19-20H,8,10-13,16H2,1-7H3/b18-9+. The topological polar surface area (TPSA) is 59.1 Å². The molecule has 1 saturated carbocycles. The van der Waals surface area contributed by atoms with Crippen LogP contribution in [0.1, 0.15) is 76.4 Å². The van der Waals surface area contributed by atoms with Crippen LogP contribution in [-0.2, 0) is 9.47 Å². The number of hydrogen-bond acceptors (Lipinski definition) is 5. The van der Waals surface area contributed by atoms with E-state index in [1.807, 2.05) is 40.7 Å². The Labute approximate surface area is 238 Å². The molecular weight excluding hydrogens is 546 g/mol. The van der Waals surface area contributed by atoms with E-state index in [2.05, 4.69) is 0 Å². The monoisotopic (exact) mass is 584 g/mol. The Morgan fingerprint density at radius 1 is 1.15 bits per heavy atom. The molecule has 1 aromatic heterocycles. The van der Waals surface area contributed by atoms with Crippen molar-refractivity contribution in [3.05, 3.63) is 45.3 Å². The Morgan fingerprint density at radius 3 is 2.28 bits per heavy atom. The van der Waals surface area contributed by atoms with E-state index >= 15 is 0 Å². The molecule has 0 saturated heterocycles. The van der Waals surface area contributed by atoms with E-state index in [1.165, 1.54) is 0 Å². The van der Waals surface area contributed by atoms with Gasteiger partial charge in [-0.1, -0.05) is 24.6 Å². The van der Waals surface area contributed by atoms with Crippen LogP contribution in [0.3, 0.4) is 0 Å². The predicted molar refractivity (Wildman–Crippen MR) is 153 cm³/mol.